The SMILES string of the molecule is CC[C@H](O)[C@@H]1C(=O)N2C(C(=O)S)=C(CCC(=O)N[C@H](C)c3ccccc3)S[C@]12Cc1ccc([N+](=O)[O-])cc1. The third kappa shape index (κ3) is 5.23. The molecule has 1 saturated heterocycles. The van der Waals surface area contributed by atoms with Gasteiger partial charge in [0.25, 0.3) is 5.69 Å². The second-order valence-corrected chi connectivity index (χ2v) is 11.3. The highest BCUT2D eigenvalue weighted by atomic mass is 32.2. The number of benzene rings is 2. The third-order valence-electron chi connectivity index (χ3n) is 7.00. The molecular formula is C27H29N3O6S2. The summed E-state index contributed by atoms with van der Waals surface area (Å²) in [5.41, 5.74) is 1.76. The maximum Gasteiger partial charge on any atom is 0.269 e. The molecule has 2 aliphatic rings. The molecule has 9 nitrogen and oxygen atoms in total. The van der Waals surface area contributed by atoms with E-state index >= 15 is 0 Å². The smallest absolute Gasteiger partial charge is 0.269 e. The van der Waals surface area contributed by atoms with Gasteiger partial charge in [-0.25, -0.2) is 0 Å². The first-order chi connectivity index (χ1) is 18.1. The van der Waals surface area contributed by atoms with Crippen molar-refractivity contribution in [2.45, 2.75) is 56.5 Å². The Morgan fingerprint density at radius 3 is 2.45 bits per heavy atom. The maximum absolute atomic E-state index is 13.2. The fourth-order valence-electron chi connectivity index (χ4n) is 5.09. The molecule has 0 spiro atoms. The molecule has 200 valence electrons. The van der Waals surface area contributed by atoms with E-state index in [0.717, 1.165) is 11.1 Å². The van der Waals surface area contributed by atoms with Crippen LogP contribution in [-0.4, -0.2) is 42.8 Å². The first-order valence-corrected chi connectivity index (χ1v) is 13.6. The van der Waals surface area contributed by atoms with Crippen molar-refractivity contribution < 1.29 is 24.4 Å². The number of rotatable bonds is 11. The Morgan fingerprint density at radius 1 is 1.21 bits per heavy atom. The Morgan fingerprint density at radius 2 is 1.87 bits per heavy atom. The van der Waals surface area contributed by atoms with Gasteiger partial charge < -0.3 is 10.4 Å². The van der Waals surface area contributed by atoms with Crippen LogP contribution >= 0.6 is 24.4 Å². The lowest BCUT2D eigenvalue weighted by Gasteiger charge is -2.55. The molecule has 0 aromatic heterocycles. The number of nitro benzene ring substituents is 1. The highest BCUT2D eigenvalue weighted by molar-refractivity contribution is 8.05. The molecule has 0 bridgehead atoms. The molecule has 2 aliphatic heterocycles. The Labute approximate surface area is 230 Å². The van der Waals surface area contributed by atoms with Crippen LogP contribution in [0.1, 0.15) is 50.3 Å². The largest absolute Gasteiger partial charge is 0.392 e. The van der Waals surface area contributed by atoms with E-state index in [4.69, 9.17) is 0 Å². The number of thioether (sulfide) groups is 1. The standard InChI is InChI=1S/C27H29N3O6S2/c1-3-20(31)23-25(33)29-24(26(34)37)21(13-14-22(32)28-16(2)18-7-5-4-6-8-18)38-27(23,29)15-17-9-11-19(12-10-17)30(35)36/h4-12,16,20,23,31H,3,13-15H2,1-2H3,(H,28,32)(H,34,37)/t16-,20+,23-,27-/m1/s1. The Balaban J connectivity index is 1.56. The number of allylic oxidation sites excluding steroid dienone is 1. The number of carbonyl (C=O) groups excluding carboxylic acids is 3. The summed E-state index contributed by atoms with van der Waals surface area (Å²) >= 11 is 5.34. The Hall–Kier alpha value is -3.15. The number of β-lactam (4-membered cyclic amide) rings is 1. The molecule has 4 rings (SSSR count). The van der Waals surface area contributed by atoms with Gasteiger partial charge >= 0.3 is 0 Å². The van der Waals surface area contributed by atoms with Gasteiger partial charge in [-0.2, -0.15) is 0 Å². The number of hydrogen-bond donors (Lipinski definition) is 3. The predicted octanol–water partition coefficient (Wildman–Crippen LogP) is 4.14. The van der Waals surface area contributed by atoms with Crippen molar-refractivity contribution in [1.29, 1.82) is 0 Å². The van der Waals surface area contributed by atoms with Gasteiger partial charge in [0.15, 0.2) is 0 Å². The van der Waals surface area contributed by atoms with E-state index in [1.165, 1.54) is 28.8 Å². The first kappa shape index (κ1) is 27.9. The zero-order valence-corrected chi connectivity index (χ0v) is 22.7. The fraction of sp³-hybridized carbons (Fsp3) is 0.370. The second-order valence-electron chi connectivity index (χ2n) is 9.45. The molecule has 0 saturated carbocycles. The van der Waals surface area contributed by atoms with Crippen LogP contribution < -0.4 is 5.32 Å². The summed E-state index contributed by atoms with van der Waals surface area (Å²) in [5, 5.41) is 24.2. The number of aliphatic hydroxyl groups excluding tert-OH is 1. The minimum atomic E-state index is -0.987. The van der Waals surface area contributed by atoms with Gasteiger partial charge in [0.05, 0.1) is 23.0 Å². The zero-order valence-electron chi connectivity index (χ0n) is 21.0. The van der Waals surface area contributed by atoms with Crippen molar-refractivity contribution in [3.8, 4) is 0 Å². The number of nitrogens with one attached hydrogen (secondary N) is 1. The van der Waals surface area contributed by atoms with Crippen LogP contribution in [0.3, 0.4) is 0 Å². The van der Waals surface area contributed by atoms with Gasteiger partial charge in [-0.3, -0.25) is 29.4 Å². The molecule has 2 aromatic carbocycles. The quantitative estimate of drug-likeness (QED) is 0.164. The van der Waals surface area contributed by atoms with Crippen LogP contribution in [0.4, 0.5) is 5.69 Å². The van der Waals surface area contributed by atoms with Gasteiger partial charge in [0.2, 0.25) is 16.9 Å². The van der Waals surface area contributed by atoms with Crippen LogP contribution in [0.5, 0.6) is 0 Å². The van der Waals surface area contributed by atoms with Crippen LogP contribution in [0, 0.1) is 16.0 Å². The lowest BCUT2D eigenvalue weighted by molar-refractivity contribution is -0.384. The number of thiol groups is 1. The number of non-ortho nitro benzene ring substituents is 1. The molecule has 38 heavy (non-hydrogen) atoms. The molecule has 11 heteroatoms. The molecule has 4 atom stereocenters. The normalized spacial score (nSPS) is 21.9. The number of carbonyl (C=O) groups is 3. The summed E-state index contributed by atoms with van der Waals surface area (Å²) in [6, 6.07) is 15.4. The van der Waals surface area contributed by atoms with Crippen LogP contribution in [0.15, 0.2) is 65.2 Å². The number of nitro groups is 1. The van der Waals surface area contributed by atoms with Crippen molar-refractivity contribution in [1.82, 2.24) is 10.2 Å². The molecule has 2 aromatic rings. The Kier molecular flexibility index (Phi) is 8.29. The summed E-state index contributed by atoms with van der Waals surface area (Å²) in [7, 11) is 0. The monoisotopic (exact) mass is 555 g/mol. The van der Waals surface area contributed by atoms with E-state index in [0.29, 0.717) is 11.3 Å². The maximum atomic E-state index is 13.2. The van der Waals surface area contributed by atoms with Crippen molar-refractivity contribution in [3.05, 3.63) is 86.4 Å². The molecular weight excluding hydrogens is 526 g/mol. The fourth-order valence-corrected chi connectivity index (χ4v) is 7.21. The van der Waals surface area contributed by atoms with Crippen molar-refractivity contribution in [2.24, 2.45) is 5.92 Å². The topological polar surface area (TPSA) is 130 Å². The summed E-state index contributed by atoms with van der Waals surface area (Å²) in [5.74, 6) is -1.35. The summed E-state index contributed by atoms with van der Waals surface area (Å²) in [6.45, 7) is 3.66. The van der Waals surface area contributed by atoms with E-state index < -0.39 is 26.9 Å². The third-order valence-corrected chi connectivity index (χ3v) is 8.79. The van der Waals surface area contributed by atoms with E-state index in [9.17, 15) is 29.6 Å². The minimum Gasteiger partial charge on any atom is -0.392 e. The van der Waals surface area contributed by atoms with E-state index in [2.05, 4.69) is 17.9 Å². The van der Waals surface area contributed by atoms with E-state index in [1.807, 2.05) is 37.3 Å². The molecule has 2 heterocycles. The molecule has 1 fully saturated rings. The highest BCUT2D eigenvalue weighted by Crippen LogP contribution is 2.61. The zero-order chi connectivity index (χ0) is 27.6. The number of aliphatic hydroxyl groups is 1. The lowest BCUT2D eigenvalue weighted by Crippen LogP contribution is -2.71. The minimum absolute atomic E-state index is 0.0576. The average Bonchev–Trinajstić information content (AvgIpc) is 3.18. The van der Waals surface area contributed by atoms with E-state index in [-0.39, 0.29) is 48.5 Å². The Bertz CT molecular complexity index is 1280. The average molecular weight is 556 g/mol. The van der Waals surface area contributed by atoms with Gasteiger partial charge in [-0.1, -0.05) is 73.8 Å². The van der Waals surface area contributed by atoms with Crippen molar-refractivity contribution in [2.75, 3.05) is 0 Å². The lowest BCUT2D eigenvalue weighted by atomic mass is 9.77. The highest BCUT2D eigenvalue weighted by Gasteiger charge is 2.68. The summed E-state index contributed by atoms with van der Waals surface area (Å²) in [4.78, 5) is 50.2. The van der Waals surface area contributed by atoms with Gasteiger partial charge in [0, 0.05) is 29.9 Å². The van der Waals surface area contributed by atoms with Gasteiger partial charge in [-0.05, 0) is 30.9 Å². The molecule has 0 aliphatic carbocycles. The van der Waals surface area contributed by atoms with Gasteiger partial charge in [-0.15, -0.1) is 0 Å². The number of amides is 2. The molecule has 0 unspecified atom stereocenters. The second kappa shape index (κ2) is 11.3. The number of fused-ring (bicyclic) bond motifs is 1. The summed E-state index contributed by atoms with van der Waals surface area (Å²) < 4.78 is 0. The van der Waals surface area contributed by atoms with Gasteiger partial charge in [0.1, 0.15) is 10.6 Å². The van der Waals surface area contributed by atoms with Crippen molar-refractivity contribution in [3.63, 3.8) is 0 Å². The first-order valence-electron chi connectivity index (χ1n) is 12.3. The molecule has 2 N–H and O–H groups in total. The molecule has 2 amide bonds. The van der Waals surface area contributed by atoms with E-state index in [1.54, 1.807) is 19.1 Å². The van der Waals surface area contributed by atoms with Crippen LogP contribution in [-0.2, 0) is 20.8 Å². The van der Waals surface area contributed by atoms with Crippen LogP contribution in [0.2, 0.25) is 0 Å². The van der Waals surface area contributed by atoms with Crippen LogP contribution in [0.25, 0.3) is 0 Å². The predicted molar refractivity (Wildman–Crippen MR) is 147 cm³/mol. The molecule has 0 radical (unpaired) electrons. The van der Waals surface area contributed by atoms with Crippen molar-refractivity contribution >= 4 is 47.0 Å². The number of hydrogen-bond acceptors (Lipinski definition) is 7. The number of nitrogens with zero attached hydrogens (tertiary/aromatic N) is 2. The summed E-state index contributed by atoms with van der Waals surface area (Å²) in [6.07, 6.45) is -0.0170.